The number of rotatable bonds is 4. The van der Waals surface area contributed by atoms with Crippen molar-refractivity contribution in [3.8, 4) is 0 Å². The number of hydrogen-bond donors (Lipinski definition) is 1. The van der Waals surface area contributed by atoms with Gasteiger partial charge in [0.1, 0.15) is 0 Å². The Kier molecular flexibility index (Phi) is 4.60. The molecule has 0 aliphatic carbocycles. The molecule has 0 bridgehead atoms. The molecule has 1 aliphatic heterocycles. The average molecular weight is 314 g/mol. The van der Waals surface area contributed by atoms with Gasteiger partial charge in [-0.2, -0.15) is 4.31 Å². The summed E-state index contributed by atoms with van der Waals surface area (Å²) in [4.78, 5) is 14.5. The second-order valence-electron chi connectivity index (χ2n) is 5.09. The van der Waals surface area contributed by atoms with Gasteiger partial charge in [0.2, 0.25) is 0 Å². The highest BCUT2D eigenvalue weighted by atomic mass is 32.2. The first-order chi connectivity index (χ1) is 9.86. The first kappa shape index (κ1) is 15.9. The van der Waals surface area contributed by atoms with Crippen LogP contribution in [0.4, 0.5) is 0 Å². The predicted octanol–water partition coefficient (Wildman–Crippen LogP) is 0.825. The highest BCUT2D eigenvalue weighted by molar-refractivity contribution is 7.89. The first-order valence-electron chi connectivity index (χ1n) is 6.58. The van der Waals surface area contributed by atoms with Crippen LogP contribution < -0.4 is 0 Å². The monoisotopic (exact) mass is 314 g/mol. The van der Waals surface area contributed by atoms with Gasteiger partial charge < -0.3 is 9.84 Å². The SMILES string of the molecule is COC1CN(S(=O)(=O)c2ccc(C(=O)O)cn2)CCC1C. The molecule has 0 saturated carbocycles. The van der Waals surface area contributed by atoms with Crippen LogP contribution in [0.5, 0.6) is 0 Å². The van der Waals surface area contributed by atoms with Crippen LogP contribution in [0, 0.1) is 5.92 Å². The minimum Gasteiger partial charge on any atom is -0.478 e. The number of aromatic nitrogens is 1. The van der Waals surface area contributed by atoms with E-state index in [9.17, 15) is 13.2 Å². The lowest BCUT2D eigenvalue weighted by Crippen LogP contribution is -2.46. The van der Waals surface area contributed by atoms with Crippen LogP contribution in [0.3, 0.4) is 0 Å². The summed E-state index contributed by atoms with van der Waals surface area (Å²) in [5.41, 5.74) is -0.0454. The average Bonchev–Trinajstić information content (AvgIpc) is 2.47. The topological polar surface area (TPSA) is 96.8 Å². The first-order valence-corrected chi connectivity index (χ1v) is 8.02. The highest BCUT2D eigenvalue weighted by Gasteiger charge is 2.34. The second kappa shape index (κ2) is 6.08. The van der Waals surface area contributed by atoms with Crippen molar-refractivity contribution in [2.45, 2.75) is 24.5 Å². The summed E-state index contributed by atoms with van der Waals surface area (Å²) in [5.74, 6) is -0.846. The molecule has 1 aromatic rings. The van der Waals surface area contributed by atoms with Crippen LogP contribution in [0.25, 0.3) is 0 Å². The van der Waals surface area contributed by atoms with Gasteiger partial charge in [0.05, 0.1) is 11.7 Å². The summed E-state index contributed by atoms with van der Waals surface area (Å²) in [6.07, 6.45) is 1.62. The third kappa shape index (κ3) is 3.22. The molecular weight excluding hydrogens is 296 g/mol. The van der Waals surface area contributed by atoms with E-state index >= 15 is 0 Å². The largest absolute Gasteiger partial charge is 0.478 e. The summed E-state index contributed by atoms with van der Waals surface area (Å²) in [7, 11) is -2.15. The van der Waals surface area contributed by atoms with Crippen LogP contribution in [0.15, 0.2) is 23.4 Å². The van der Waals surface area contributed by atoms with E-state index in [1.54, 1.807) is 7.11 Å². The van der Waals surface area contributed by atoms with E-state index in [1.807, 2.05) is 6.92 Å². The lowest BCUT2D eigenvalue weighted by atomic mass is 9.97. The predicted molar refractivity (Wildman–Crippen MR) is 74.5 cm³/mol. The molecule has 8 heteroatoms. The van der Waals surface area contributed by atoms with E-state index in [4.69, 9.17) is 9.84 Å². The number of hydrogen-bond acceptors (Lipinski definition) is 5. The molecule has 116 valence electrons. The van der Waals surface area contributed by atoms with Gasteiger partial charge in [0, 0.05) is 26.4 Å². The highest BCUT2D eigenvalue weighted by Crippen LogP contribution is 2.24. The maximum absolute atomic E-state index is 12.5. The van der Waals surface area contributed by atoms with Gasteiger partial charge in [0.15, 0.2) is 5.03 Å². The van der Waals surface area contributed by atoms with Crippen molar-refractivity contribution in [1.29, 1.82) is 0 Å². The number of carbonyl (C=O) groups is 1. The Morgan fingerprint density at radius 2 is 2.19 bits per heavy atom. The molecule has 0 radical (unpaired) electrons. The van der Waals surface area contributed by atoms with Crippen molar-refractivity contribution in [2.24, 2.45) is 5.92 Å². The zero-order valence-corrected chi connectivity index (χ0v) is 12.7. The van der Waals surface area contributed by atoms with Crippen molar-refractivity contribution < 1.29 is 23.1 Å². The maximum atomic E-state index is 12.5. The molecule has 21 heavy (non-hydrogen) atoms. The van der Waals surface area contributed by atoms with Crippen molar-refractivity contribution in [3.63, 3.8) is 0 Å². The van der Waals surface area contributed by atoms with Crippen molar-refractivity contribution in [3.05, 3.63) is 23.9 Å². The van der Waals surface area contributed by atoms with E-state index in [0.29, 0.717) is 18.9 Å². The Morgan fingerprint density at radius 3 is 2.71 bits per heavy atom. The molecule has 1 aliphatic rings. The van der Waals surface area contributed by atoms with E-state index in [1.165, 1.54) is 16.4 Å². The lowest BCUT2D eigenvalue weighted by molar-refractivity contribution is 0.0183. The van der Waals surface area contributed by atoms with Crippen molar-refractivity contribution in [2.75, 3.05) is 20.2 Å². The fourth-order valence-corrected chi connectivity index (χ4v) is 3.70. The van der Waals surface area contributed by atoms with Gasteiger partial charge in [-0.15, -0.1) is 0 Å². The molecule has 7 nitrogen and oxygen atoms in total. The Bertz CT molecular complexity index is 614. The van der Waals surface area contributed by atoms with Crippen LogP contribution in [-0.2, 0) is 14.8 Å². The van der Waals surface area contributed by atoms with Gasteiger partial charge in [-0.25, -0.2) is 18.2 Å². The lowest BCUT2D eigenvalue weighted by Gasteiger charge is -2.35. The molecule has 1 fully saturated rings. The van der Waals surface area contributed by atoms with Crippen LogP contribution in [0.2, 0.25) is 0 Å². The molecule has 1 N–H and O–H groups in total. The Morgan fingerprint density at radius 1 is 1.48 bits per heavy atom. The number of ether oxygens (including phenoxy) is 1. The molecule has 1 saturated heterocycles. The number of piperidine rings is 1. The summed E-state index contributed by atoms with van der Waals surface area (Å²) < 4.78 is 31.6. The fourth-order valence-electron chi connectivity index (χ4n) is 2.32. The third-order valence-corrected chi connectivity index (χ3v) is 5.52. The van der Waals surface area contributed by atoms with Gasteiger partial charge in [-0.1, -0.05) is 6.92 Å². The maximum Gasteiger partial charge on any atom is 0.337 e. The number of carboxylic acids is 1. The van der Waals surface area contributed by atoms with Crippen molar-refractivity contribution >= 4 is 16.0 Å². The van der Waals surface area contributed by atoms with Crippen molar-refractivity contribution in [1.82, 2.24) is 9.29 Å². The molecule has 2 heterocycles. The van der Waals surface area contributed by atoms with Gasteiger partial charge in [-0.05, 0) is 24.5 Å². The number of sulfonamides is 1. The number of nitrogens with zero attached hydrogens (tertiary/aromatic N) is 2. The van der Waals surface area contributed by atoms with E-state index in [0.717, 1.165) is 6.20 Å². The smallest absolute Gasteiger partial charge is 0.337 e. The quantitative estimate of drug-likeness (QED) is 0.884. The third-order valence-electron chi connectivity index (χ3n) is 3.74. The summed E-state index contributed by atoms with van der Waals surface area (Å²) >= 11 is 0. The standard InChI is InChI=1S/C13H18N2O5S/c1-9-5-6-15(8-11(9)20-2)21(18,19)12-4-3-10(7-14-12)13(16)17/h3-4,7,9,11H,5-6,8H2,1-2H3,(H,16,17). The fraction of sp³-hybridized carbons (Fsp3) is 0.538. The van der Waals surface area contributed by atoms with E-state index < -0.39 is 16.0 Å². The molecular formula is C13H18N2O5S. The van der Waals surface area contributed by atoms with Crippen LogP contribution >= 0.6 is 0 Å². The van der Waals surface area contributed by atoms with E-state index in [2.05, 4.69) is 4.98 Å². The number of carboxylic acid groups (broad SMARTS) is 1. The Hall–Kier alpha value is -1.51. The minimum atomic E-state index is -3.72. The summed E-state index contributed by atoms with van der Waals surface area (Å²) in [6.45, 7) is 2.71. The molecule has 1 aromatic heterocycles. The molecule has 2 rings (SSSR count). The Balaban J connectivity index is 2.23. The normalized spacial score (nSPS) is 23.9. The molecule has 0 spiro atoms. The minimum absolute atomic E-state index is 0.0454. The second-order valence-corrected chi connectivity index (χ2v) is 6.98. The molecule has 2 atom stereocenters. The zero-order valence-electron chi connectivity index (χ0n) is 11.9. The van der Waals surface area contributed by atoms with Crippen LogP contribution in [0.1, 0.15) is 23.7 Å². The summed E-state index contributed by atoms with van der Waals surface area (Å²) in [5, 5.41) is 8.66. The number of methoxy groups -OCH3 is 1. The summed E-state index contributed by atoms with van der Waals surface area (Å²) in [6, 6.07) is 2.46. The van der Waals surface area contributed by atoms with Gasteiger partial charge >= 0.3 is 5.97 Å². The number of aromatic carboxylic acids is 1. The zero-order chi connectivity index (χ0) is 15.6. The Labute approximate surface area is 123 Å². The molecule has 0 aromatic carbocycles. The molecule has 2 unspecified atom stereocenters. The van der Waals surface area contributed by atoms with E-state index in [-0.39, 0.29) is 23.2 Å². The van der Waals surface area contributed by atoms with Gasteiger partial charge in [0.25, 0.3) is 10.0 Å². The number of pyridine rings is 1. The van der Waals surface area contributed by atoms with Crippen LogP contribution in [-0.4, -0.2) is 55.1 Å². The van der Waals surface area contributed by atoms with Gasteiger partial charge in [-0.3, -0.25) is 0 Å². The molecule has 0 amide bonds.